The number of aliphatic hydroxyl groups is 1. The summed E-state index contributed by atoms with van der Waals surface area (Å²) in [4.78, 5) is 11.2. The van der Waals surface area contributed by atoms with Crippen LogP contribution >= 0.6 is 0 Å². The molecule has 0 radical (unpaired) electrons. The Hall–Kier alpha value is -1.62. The maximum Gasteiger partial charge on any atom is 0.311 e. The predicted octanol–water partition coefficient (Wildman–Crippen LogP) is 1.68. The van der Waals surface area contributed by atoms with E-state index in [0.29, 0.717) is 5.56 Å². The van der Waals surface area contributed by atoms with Crippen LogP contribution in [0.1, 0.15) is 18.6 Å². The summed E-state index contributed by atoms with van der Waals surface area (Å²) in [7, 11) is 2.59. The Morgan fingerprint density at radius 2 is 2.06 bits per heavy atom. The zero-order valence-electron chi connectivity index (χ0n) is 9.94. The fourth-order valence-electron chi connectivity index (χ4n) is 1.47. The zero-order chi connectivity index (χ0) is 13.0. The molecule has 5 heteroatoms. The standard InChI is InChI=1S/C12H15FO4/c1-7(12(15)17-3)11(14)8-4-5-10(16-2)9(13)6-8/h4-7,11,14H,1-3H3. The summed E-state index contributed by atoms with van der Waals surface area (Å²) in [5.41, 5.74) is 0.307. The van der Waals surface area contributed by atoms with E-state index in [9.17, 15) is 14.3 Å². The van der Waals surface area contributed by atoms with E-state index in [2.05, 4.69) is 4.74 Å². The molecular formula is C12H15FO4. The Kier molecular flexibility index (Phi) is 4.45. The molecule has 0 heterocycles. The van der Waals surface area contributed by atoms with Gasteiger partial charge in [-0.3, -0.25) is 4.79 Å². The molecule has 0 saturated carbocycles. The number of aliphatic hydroxyl groups excluding tert-OH is 1. The van der Waals surface area contributed by atoms with Gasteiger partial charge in [0.25, 0.3) is 0 Å². The topological polar surface area (TPSA) is 55.8 Å². The van der Waals surface area contributed by atoms with E-state index in [1.165, 1.54) is 33.3 Å². The Labute approximate surface area is 99.0 Å². The molecule has 0 aliphatic carbocycles. The molecule has 17 heavy (non-hydrogen) atoms. The Morgan fingerprint density at radius 1 is 1.41 bits per heavy atom. The molecule has 0 amide bonds. The molecule has 2 unspecified atom stereocenters. The summed E-state index contributed by atoms with van der Waals surface area (Å²) in [5.74, 6) is -1.80. The average Bonchev–Trinajstić information content (AvgIpc) is 2.35. The maximum absolute atomic E-state index is 13.4. The molecule has 4 nitrogen and oxygen atoms in total. The number of hydrogen-bond acceptors (Lipinski definition) is 4. The highest BCUT2D eigenvalue weighted by Crippen LogP contribution is 2.26. The van der Waals surface area contributed by atoms with Crippen molar-refractivity contribution in [2.45, 2.75) is 13.0 Å². The van der Waals surface area contributed by atoms with E-state index >= 15 is 0 Å². The largest absolute Gasteiger partial charge is 0.494 e. The lowest BCUT2D eigenvalue weighted by Crippen LogP contribution is -2.20. The Bertz CT molecular complexity index is 405. The number of methoxy groups -OCH3 is 2. The van der Waals surface area contributed by atoms with Gasteiger partial charge in [0.05, 0.1) is 26.2 Å². The first-order valence-corrected chi connectivity index (χ1v) is 5.10. The third kappa shape index (κ3) is 2.94. The van der Waals surface area contributed by atoms with Crippen LogP contribution in [-0.2, 0) is 9.53 Å². The normalized spacial score (nSPS) is 13.9. The lowest BCUT2D eigenvalue weighted by Gasteiger charge is -2.17. The van der Waals surface area contributed by atoms with E-state index in [1.807, 2.05) is 0 Å². The molecule has 0 aromatic heterocycles. The molecule has 0 fully saturated rings. The summed E-state index contributed by atoms with van der Waals surface area (Å²) in [6.07, 6.45) is -1.11. The molecule has 0 spiro atoms. The SMILES string of the molecule is COC(=O)C(C)C(O)c1ccc(OC)c(F)c1. The lowest BCUT2D eigenvalue weighted by atomic mass is 9.97. The lowest BCUT2D eigenvalue weighted by molar-refractivity contribution is -0.148. The van der Waals surface area contributed by atoms with Crippen LogP contribution in [0, 0.1) is 11.7 Å². The molecule has 1 N–H and O–H groups in total. The van der Waals surface area contributed by atoms with Crippen LogP contribution < -0.4 is 4.74 Å². The predicted molar refractivity (Wildman–Crippen MR) is 59.1 cm³/mol. The van der Waals surface area contributed by atoms with Crippen molar-refractivity contribution < 1.29 is 23.8 Å². The highest BCUT2D eigenvalue weighted by Gasteiger charge is 2.24. The third-order valence-corrected chi connectivity index (χ3v) is 2.56. The van der Waals surface area contributed by atoms with Crippen LogP contribution in [0.5, 0.6) is 5.75 Å². The molecule has 0 saturated heterocycles. The van der Waals surface area contributed by atoms with E-state index < -0.39 is 23.8 Å². The van der Waals surface area contributed by atoms with Gasteiger partial charge in [0.2, 0.25) is 0 Å². The van der Waals surface area contributed by atoms with Crippen LogP contribution in [0.4, 0.5) is 4.39 Å². The van der Waals surface area contributed by atoms with Gasteiger partial charge in [-0.05, 0) is 24.6 Å². The molecule has 1 rings (SSSR count). The first-order valence-electron chi connectivity index (χ1n) is 5.10. The van der Waals surface area contributed by atoms with Crippen LogP contribution in [0.2, 0.25) is 0 Å². The van der Waals surface area contributed by atoms with Gasteiger partial charge in [-0.2, -0.15) is 0 Å². The van der Waals surface area contributed by atoms with E-state index in [0.717, 1.165) is 6.07 Å². The summed E-state index contributed by atoms with van der Waals surface area (Å²) in [6, 6.07) is 4.05. The van der Waals surface area contributed by atoms with Crippen LogP contribution in [0.3, 0.4) is 0 Å². The summed E-state index contributed by atoms with van der Waals surface area (Å²) >= 11 is 0. The second-order valence-electron chi connectivity index (χ2n) is 3.65. The van der Waals surface area contributed by atoms with Crippen molar-refractivity contribution in [1.29, 1.82) is 0 Å². The molecule has 94 valence electrons. The molecule has 1 aromatic rings. The molecular weight excluding hydrogens is 227 g/mol. The van der Waals surface area contributed by atoms with Crippen molar-refractivity contribution in [3.8, 4) is 5.75 Å². The van der Waals surface area contributed by atoms with Crippen LogP contribution in [0.25, 0.3) is 0 Å². The number of halogens is 1. The summed E-state index contributed by atoms with van der Waals surface area (Å²) < 4.78 is 22.7. The second-order valence-corrected chi connectivity index (χ2v) is 3.65. The molecule has 2 atom stereocenters. The fraction of sp³-hybridized carbons (Fsp3) is 0.417. The van der Waals surface area contributed by atoms with Gasteiger partial charge in [-0.1, -0.05) is 6.07 Å². The van der Waals surface area contributed by atoms with E-state index in [1.54, 1.807) is 0 Å². The third-order valence-electron chi connectivity index (χ3n) is 2.56. The number of carbonyl (C=O) groups excluding carboxylic acids is 1. The van der Waals surface area contributed by atoms with Gasteiger partial charge in [-0.15, -0.1) is 0 Å². The summed E-state index contributed by atoms with van der Waals surface area (Å²) in [6.45, 7) is 1.51. The van der Waals surface area contributed by atoms with Gasteiger partial charge in [0.15, 0.2) is 11.6 Å². The van der Waals surface area contributed by atoms with Crippen molar-refractivity contribution >= 4 is 5.97 Å². The summed E-state index contributed by atoms with van der Waals surface area (Å²) in [5, 5.41) is 9.87. The van der Waals surface area contributed by atoms with Gasteiger partial charge in [0.1, 0.15) is 0 Å². The van der Waals surface area contributed by atoms with Crippen LogP contribution in [-0.4, -0.2) is 25.3 Å². The number of ether oxygens (including phenoxy) is 2. The van der Waals surface area contributed by atoms with Crippen molar-refractivity contribution in [2.24, 2.45) is 5.92 Å². The monoisotopic (exact) mass is 242 g/mol. The number of rotatable bonds is 4. The fourth-order valence-corrected chi connectivity index (χ4v) is 1.47. The zero-order valence-corrected chi connectivity index (χ0v) is 9.94. The molecule has 0 aliphatic rings. The number of carbonyl (C=O) groups is 1. The number of hydrogen-bond donors (Lipinski definition) is 1. The van der Waals surface area contributed by atoms with E-state index in [-0.39, 0.29) is 5.75 Å². The van der Waals surface area contributed by atoms with Crippen molar-refractivity contribution in [3.05, 3.63) is 29.6 Å². The van der Waals surface area contributed by atoms with Crippen molar-refractivity contribution in [1.82, 2.24) is 0 Å². The highest BCUT2D eigenvalue weighted by atomic mass is 19.1. The number of benzene rings is 1. The molecule has 0 aliphatic heterocycles. The minimum absolute atomic E-state index is 0.0895. The first-order chi connectivity index (χ1) is 8.01. The van der Waals surface area contributed by atoms with Gasteiger partial charge in [0, 0.05) is 0 Å². The average molecular weight is 242 g/mol. The highest BCUT2D eigenvalue weighted by molar-refractivity contribution is 5.72. The Morgan fingerprint density at radius 3 is 2.53 bits per heavy atom. The number of esters is 1. The maximum atomic E-state index is 13.4. The second kappa shape index (κ2) is 5.63. The van der Waals surface area contributed by atoms with Crippen molar-refractivity contribution in [3.63, 3.8) is 0 Å². The first kappa shape index (κ1) is 13.4. The van der Waals surface area contributed by atoms with Gasteiger partial charge in [-0.25, -0.2) is 4.39 Å². The van der Waals surface area contributed by atoms with Gasteiger partial charge < -0.3 is 14.6 Å². The van der Waals surface area contributed by atoms with Crippen LogP contribution in [0.15, 0.2) is 18.2 Å². The van der Waals surface area contributed by atoms with Crippen molar-refractivity contribution in [2.75, 3.05) is 14.2 Å². The quantitative estimate of drug-likeness (QED) is 0.816. The minimum atomic E-state index is -1.11. The minimum Gasteiger partial charge on any atom is -0.494 e. The van der Waals surface area contributed by atoms with Gasteiger partial charge >= 0.3 is 5.97 Å². The Balaban J connectivity index is 2.93. The molecule has 1 aromatic carbocycles. The molecule has 0 bridgehead atoms. The van der Waals surface area contributed by atoms with E-state index in [4.69, 9.17) is 4.74 Å². The smallest absolute Gasteiger partial charge is 0.311 e.